The van der Waals surface area contributed by atoms with E-state index in [1.807, 2.05) is 38.1 Å². The average molecular weight is 537 g/mol. The Morgan fingerprint density at radius 1 is 1.14 bits per heavy atom. The van der Waals surface area contributed by atoms with Gasteiger partial charge in [0.25, 0.3) is 0 Å². The Morgan fingerprint density at radius 3 is 2.33 bits per heavy atom. The topological polar surface area (TPSA) is 111 Å². The van der Waals surface area contributed by atoms with E-state index < -0.39 is 28.7 Å². The first-order valence-electron chi connectivity index (χ1n) is 11.9. The van der Waals surface area contributed by atoms with E-state index in [0.717, 1.165) is 17.5 Å². The van der Waals surface area contributed by atoms with Gasteiger partial charge in [0, 0.05) is 15.6 Å². The molecule has 3 rings (SSSR count). The molecule has 0 spiro atoms. The fourth-order valence-corrected chi connectivity index (χ4v) is 5.19. The van der Waals surface area contributed by atoms with Crippen LogP contribution in [0.4, 0.5) is 0 Å². The Balaban J connectivity index is 1.48. The molecular formula is C27H34Cl2N2O5. The van der Waals surface area contributed by atoms with Crippen LogP contribution in [0.1, 0.15) is 44.7 Å². The van der Waals surface area contributed by atoms with Gasteiger partial charge in [0.15, 0.2) is 0 Å². The van der Waals surface area contributed by atoms with Gasteiger partial charge in [-0.15, -0.1) is 0 Å². The number of ether oxygens (including phenoxy) is 2. The Hall–Kier alpha value is -2.32. The Bertz CT molecular complexity index is 1060. The number of nitrogens with one attached hydrogen (secondary N) is 1. The maximum Gasteiger partial charge on any atom is 0.309 e. The lowest BCUT2D eigenvalue weighted by atomic mass is 9.66. The average Bonchev–Trinajstić information content (AvgIpc) is 3.05. The highest BCUT2D eigenvalue weighted by molar-refractivity contribution is 6.35. The summed E-state index contributed by atoms with van der Waals surface area (Å²) in [5.74, 6) is -0.493. The zero-order valence-corrected chi connectivity index (χ0v) is 22.4. The molecule has 0 saturated heterocycles. The maximum atomic E-state index is 12.0. The van der Waals surface area contributed by atoms with E-state index in [4.69, 9.17) is 38.4 Å². The van der Waals surface area contributed by atoms with Gasteiger partial charge < -0.3 is 20.3 Å². The quantitative estimate of drug-likeness (QED) is 0.258. The maximum absolute atomic E-state index is 12.0. The molecule has 2 aromatic rings. The van der Waals surface area contributed by atoms with Crippen molar-refractivity contribution in [2.24, 2.45) is 22.5 Å². The minimum Gasteiger partial charge on any atom is -0.489 e. The number of benzene rings is 2. The normalized spacial score (nSPS) is 21.8. The summed E-state index contributed by atoms with van der Waals surface area (Å²) in [5, 5.41) is 13.8. The van der Waals surface area contributed by atoms with Crippen LogP contribution in [0.2, 0.25) is 10.0 Å². The fraction of sp³-hybridized carbons (Fsp3) is 0.481. The van der Waals surface area contributed by atoms with Crippen molar-refractivity contribution in [3.8, 4) is 5.75 Å². The molecule has 7 nitrogen and oxygen atoms in total. The second-order valence-corrected chi connectivity index (χ2v) is 10.9. The molecule has 0 unspecified atom stereocenters. The van der Waals surface area contributed by atoms with Crippen LogP contribution < -0.4 is 15.8 Å². The van der Waals surface area contributed by atoms with Crippen molar-refractivity contribution in [2.45, 2.75) is 52.7 Å². The molecule has 1 aliphatic rings. The predicted octanol–water partition coefficient (Wildman–Crippen LogP) is 5.06. The largest absolute Gasteiger partial charge is 0.489 e. The first-order chi connectivity index (χ1) is 17.0. The summed E-state index contributed by atoms with van der Waals surface area (Å²) in [7, 11) is 0. The van der Waals surface area contributed by atoms with E-state index in [2.05, 4.69) is 5.32 Å². The van der Waals surface area contributed by atoms with Crippen molar-refractivity contribution in [2.75, 3.05) is 13.3 Å². The molecule has 36 heavy (non-hydrogen) atoms. The van der Waals surface area contributed by atoms with Crippen LogP contribution in [-0.4, -0.2) is 36.4 Å². The van der Waals surface area contributed by atoms with Crippen molar-refractivity contribution >= 4 is 35.1 Å². The predicted molar refractivity (Wildman–Crippen MR) is 140 cm³/mol. The van der Waals surface area contributed by atoms with Gasteiger partial charge in [-0.2, -0.15) is 0 Å². The highest BCUT2D eigenvalue weighted by Crippen LogP contribution is 2.56. The third-order valence-corrected chi connectivity index (χ3v) is 8.52. The lowest BCUT2D eigenvalue weighted by Crippen LogP contribution is -2.45. The second kappa shape index (κ2) is 11.8. The van der Waals surface area contributed by atoms with Gasteiger partial charge in [-0.25, -0.2) is 0 Å². The first-order valence-corrected chi connectivity index (χ1v) is 12.7. The van der Waals surface area contributed by atoms with E-state index in [0.29, 0.717) is 35.2 Å². The molecule has 0 aromatic heterocycles. The smallest absolute Gasteiger partial charge is 0.309 e. The van der Waals surface area contributed by atoms with Gasteiger partial charge in [-0.05, 0) is 67.3 Å². The summed E-state index contributed by atoms with van der Waals surface area (Å²) in [4.78, 5) is 23.8. The van der Waals surface area contributed by atoms with E-state index in [-0.39, 0.29) is 19.3 Å². The van der Waals surface area contributed by atoms with Crippen LogP contribution in [0.15, 0.2) is 42.5 Å². The van der Waals surface area contributed by atoms with E-state index >= 15 is 0 Å². The number of hydrogen-bond donors (Lipinski definition) is 3. The van der Waals surface area contributed by atoms with Gasteiger partial charge in [0.05, 0.1) is 24.8 Å². The summed E-state index contributed by atoms with van der Waals surface area (Å²) in [6.45, 7) is 6.57. The van der Waals surface area contributed by atoms with Gasteiger partial charge in [0.2, 0.25) is 5.91 Å². The molecule has 3 atom stereocenters. The number of nitrogens with two attached hydrogens (primary N) is 1. The van der Waals surface area contributed by atoms with E-state index in [1.165, 1.54) is 0 Å². The zero-order chi connectivity index (χ0) is 26.5. The van der Waals surface area contributed by atoms with Crippen LogP contribution in [0.5, 0.6) is 5.75 Å². The molecule has 1 aliphatic carbocycles. The lowest BCUT2D eigenvalue weighted by molar-refractivity contribution is -0.155. The van der Waals surface area contributed by atoms with Crippen molar-refractivity contribution < 1.29 is 24.2 Å². The molecule has 1 saturated carbocycles. The number of carboxylic acids is 1. The summed E-state index contributed by atoms with van der Waals surface area (Å²) in [6.07, 6.45) is 1.79. The van der Waals surface area contributed by atoms with Gasteiger partial charge >= 0.3 is 5.97 Å². The summed E-state index contributed by atoms with van der Waals surface area (Å²) < 4.78 is 11.6. The highest BCUT2D eigenvalue weighted by atomic mass is 35.5. The van der Waals surface area contributed by atoms with Crippen LogP contribution in [0, 0.1) is 16.7 Å². The highest BCUT2D eigenvalue weighted by Gasteiger charge is 2.56. The van der Waals surface area contributed by atoms with E-state index in [1.54, 1.807) is 25.1 Å². The Labute approximate surface area is 222 Å². The number of carbonyl (C=O) groups excluding carboxylic acids is 1. The van der Waals surface area contributed by atoms with Crippen molar-refractivity contribution in [3.63, 3.8) is 0 Å². The fourth-order valence-electron chi connectivity index (χ4n) is 4.69. The van der Waals surface area contributed by atoms with Gasteiger partial charge in [-0.1, -0.05) is 55.2 Å². The minimum atomic E-state index is -0.778. The number of aliphatic carboxylic acids is 1. The van der Waals surface area contributed by atoms with Crippen molar-refractivity contribution in [3.05, 3.63) is 63.6 Å². The second-order valence-electron chi connectivity index (χ2n) is 10.1. The number of rotatable bonds is 12. The Morgan fingerprint density at radius 2 is 1.78 bits per heavy atom. The van der Waals surface area contributed by atoms with Gasteiger partial charge in [-0.3, -0.25) is 14.9 Å². The SMILES string of the molecule is CC1(C)[C@@H](COCN[C@@H](Cc2ccc(OCc3c(Cl)cccc3Cl)cc2)C(N)=O)CC[C@@]1(C)C(=O)O. The van der Waals surface area contributed by atoms with Crippen LogP contribution >= 0.6 is 23.2 Å². The van der Waals surface area contributed by atoms with Crippen molar-refractivity contribution in [1.29, 1.82) is 0 Å². The van der Waals surface area contributed by atoms with Crippen molar-refractivity contribution in [1.82, 2.24) is 5.32 Å². The molecule has 0 aliphatic heterocycles. The lowest BCUT2D eigenvalue weighted by Gasteiger charge is -2.38. The number of amides is 1. The molecule has 9 heteroatoms. The first kappa shape index (κ1) is 28.3. The molecule has 1 amide bonds. The third kappa shape index (κ3) is 6.32. The monoisotopic (exact) mass is 536 g/mol. The van der Waals surface area contributed by atoms with Gasteiger partial charge in [0.1, 0.15) is 12.4 Å². The standard InChI is InChI=1S/C27H34Cl2N2O5/c1-26(2)18(11-12-27(26,3)25(33)34)14-35-16-31-23(24(30)32)13-17-7-9-19(10-8-17)36-15-20-21(28)5-4-6-22(20)29/h4-10,18,23,31H,11-16H2,1-3H3,(H2,30,32)(H,33,34)/t18-,23+,27+/m1/s1. The Kier molecular flexibility index (Phi) is 9.28. The molecule has 1 fully saturated rings. The molecule has 0 radical (unpaired) electrons. The zero-order valence-electron chi connectivity index (χ0n) is 20.9. The van der Waals surface area contributed by atoms with Crippen LogP contribution in [-0.2, 0) is 27.4 Å². The van der Waals surface area contributed by atoms with Crippen LogP contribution in [0.3, 0.4) is 0 Å². The number of carbonyl (C=O) groups is 2. The summed E-state index contributed by atoms with van der Waals surface area (Å²) >= 11 is 12.4. The number of primary amides is 1. The summed E-state index contributed by atoms with van der Waals surface area (Å²) in [6, 6.07) is 12.1. The molecule has 4 N–H and O–H groups in total. The molecule has 196 valence electrons. The number of halogens is 2. The van der Waals surface area contributed by atoms with E-state index in [9.17, 15) is 14.7 Å². The molecule has 0 bridgehead atoms. The molecule has 2 aromatic carbocycles. The van der Waals surface area contributed by atoms with Crippen LogP contribution in [0.25, 0.3) is 0 Å². The minimum absolute atomic E-state index is 0.112. The number of hydrogen-bond acceptors (Lipinski definition) is 5. The third-order valence-electron chi connectivity index (χ3n) is 7.81. The number of carboxylic acid groups (broad SMARTS) is 1. The molecule has 0 heterocycles. The molecular weight excluding hydrogens is 503 g/mol. The summed E-state index contributed by atoms with van der Waals surface area (Å²) in [5.41, 5.74) is 6.05.